The third kappa shape index (κ3) is 2.23. The molecule has 2 aliphatic rings. The van der Waals surface area contributed by atoms with E-state index in [0.717, 1.165) is 38.9 Å². The fourth-order valence-electron chi connectivity index (χ4n) is 2.86. The third-order valence-electron chi connectivity index (χ3n) is 4.00. The Morgan fingerprint density at radius 2 is 2.31 bits per heavy atom. The van der Waals surface area contributed by atoms with Crippen molar-refractivity contribution in [1.29, 1.82) is 0 Å². The van der Waals surface area contributed by atoms with Crippen LogP contribution in [0.25, 0.3) is 0 Å². The predicted molar refractivity (Wildman–Crippen MR) is 62.0 cm³/mol. The highest BCUT2D eigenvalue weighted by atomic mass is 16.3. The van der Waals surface area contributed by atoms with Crippen molar-refractivity contribution in [3.05, 3.63) is 0 Å². The van der Waals surface area contributed by atoms with Crippen molar-refractivity contribution in [1.82, 2.24) is 10.2 Å². The molecule has 92 valence electrons. The Morgan fingerprint density at radius 1 is 1.50 bits per heavy atom. The molecule has 0 saturated carbocycles. The highest BCUT2D eigenvalue weighted by Gasteiger charge is 2.36. The predicted octanol–water partition coefficient (Wildman–Crippen LogP) is 0.215. The topological polar surface area (TPSA) is 52.6 Å². The number of hydrogen-bond acceptors (Lipinski definition) is 3. The van der Waals surface area contributed by atoms with E-state index in [1.807, 2.05) is 4.90 Å². The van der Waals surface area contributed by atoms with Gasteiger partial charge in [0.2, 0.25) is 5.91 Å². The molecule has 0 radical (unpaired) electrons. The number of nitrogens with zero attached hydrogens (tertiary/aromatic N) is 1. The van der Waals surface area contributed by atoms with Gasteiger partial charge in [0.15, 0.2) is 0 Å². The molecular formula is C12H22N2O2. The van der Waals surface area contributed by atoms with Gasteiger partial charge in [-0.05, 0) is 31.7 Å². The number of hydrogen-bond donors (Lipinski definition) is 2. The molecule has 16 heavy (non-hydrogen) atoms. The quantitative estimate of drug-likeness (QED) is 0.708. The second kappa shape index (κ2) is 5.15. The molecular weight excluding hydrogens is 204 g/mol. The van der Waals surface area contributed by atoms with Crippen molar-refractivity contribution < 1.29 is 9.90 Å². The zero-order valence-electron chi connectivity index (χ0n) is 9.98. The van der Waals surface area contributed by atoms with Crippen molar-refractivity contribution in [3.63, 3.8) is 0 Å². The smallest absolute Gasteiger partial charge is 0.227 e. The van der Waals surface area contributed by atoms with Crippen LogP contribution in [0.5, 0.6) is 0 Å². The second-order valence-corrected chi connectivity index (χ2v) is 5.09. The molecule has 0 aromatic carbocycles. The maximum absolute atomic E-state index is 12.3. The summed E-state index contributed by atoms with van der Waals surface area (Å²) in [5, 5.41) is 12.6. The number of carbonyl (C=O) groups is 1. The third-order valence-corrected chi connectivity index (χ3v) is 4.00. The number of nitrogens with one attached hydrogen (secondary N) is 1. The van der Waals surface area contributed by atoms with Gasteiger partial charge in [-0.2, -0.15) is 0 Å². The normalized spacial score (nSPS) is 35.4. The van der Waals surface area contributed by atoms with Gasteiger partial charge in [0, 0.05) is 13.1 Å². The summed E-state index contributed by atoms with van der Waals surface area (Å²) in [4.78, 5) is 14.2. The summed E-state index contributed by atoms with van der Waals surface area (Å²) in [6.45, 7) is 4.88. The monoisotopic (exact) mass is 226 g/mol. The first-order chi connectivity index (χ1) is 7.74. The minimum Gasteiger partial charge on any atom is -0.394 e. The lowest BCUT2D eigenvalue weighted by atomic mass is 9.97. The number of aliphatic hydroxyl groups is 1. The molecule has 2 fully saturated rings. The van der Waals surface area contributed by atoms with Crippen molar-refractivity contribution in [3.8, 4) is 0 Å². The number of piperidine rings is 1. The van der Waals surface area contributed by atoms with Crippen LogP contribution in [-0.2, 0) is 4.79 Å². The standard InChI is InChI=1S/C12H22N2O2/c1-9-4-6-14(11(9)8-15)12(16)10-3-2-5-13-7-10/h9-11,13,15H,2-8H2,1H3/t9?,10-,11?/m0/s1. The Labute approximate surface area is 97.0 Å². The zero-order valence-corrected chi connectivity index (χ0v) is 9.98. The van der Waals surface area contributed by atoms with Gasteiger partial charge in [-0.15, -0.1) is 0 Å². The van der Waals surface area contributed by atoms with E-state index >= 15 is 0 Å². The largest absolute Gasteiger partial charge is 0.394 e. The van der Waals surface area contributed by atoms with Gasteiger partial charge in [0.25, 0.3) is 0 Å². The number of rotatable bonds is 2. The zero-order chi connectivity index (χ0) is 11.5. The number of likely N-dealkylation sites (tertiary alicyclic amines) is 1. The first-order valence-electron chi connectivity index (χ1n) is 6.36. The van der Waals surface area contributed by atoms with Crippen LogP contribution in [0.4, 0.5) is 0 Å². The van der Waals surface area contributed by atoms with Gasteiger partial charge in [-0.25, -0.2) is 0 Å². The Morgan fingerprint density at radius 3 is 2.94 bits per heavy atom. The van der Waals surface area contributed by atoms with E-state index in [9.17, 15) is 9.90 Å². The average Bonchev–Trinajstić information content (AvgIpc) is 2.70. The summed E-state index contributed by atoms with van der Waals surface area (Å²) >= 11 is 0. The van der Waals surface area contributed by atoms with Crippen LogP contribution < -0.4 is 5.32 Å². The van der Waals surface area contributed by atoms with Crippen LogP contribution in [0.15, 0.2) is 0 Å². The van der Waals surface area contributed by atoms with Crippen LogP contribution >= 0.6 is 0 Å². The summed E-state index contributed by atoms with van der Waals surface area (Å²) in [7, 11) is 0. The molecule has 2 rings (SSSR count). The van der Waals surface area contributed by atoms with Gasteiger partial charge in [-0.1, -0.05) is 6.92 Å². The molecule has 2 unspecified atom stereocenters. The van der Waals surface area contributed by atoms with Crippen LogP contribution in [0, 0.1) is 11.8 Å². The van der Waals surface area contributed by atoms with Crippen LogP contribution in [0.2, 0.25) is 0 Å². The lowest BCUT2D eigenvalue weighted by Gasteiger charge is -2.31. The van der Waals surface area contributed by atoms with Gasteiger partial charge in [0.1, 0.15) is 0 Å². The first kappa shape index (κ1) is 11.9. The van der Waals surface area contributed by atoms with Crippen molar-refractivity contribution in [2.75, 3.05) is 26.2 Å². The molecule has 4 heteroatoms. The SMILES string of the molecule is CC1CCN(C(=O)[C@H]2CCCNC2)C1CO. The molecule has 0 aliphatic carbocycles. The van der Waals surface area contributed by atoms with Crippen molar-refractivity contribution in [2.24, 2.45) is 11.8 Å². The molecule has 0 spiro atoms. The molecule has 1 amide bonds. The molecule has 4 nitrogen and oxygen atoms in total. The fraction of sp³-hybridized carbons (Fsp3) is 0.917. The van der Waals surface area contributed by atoms with Gasteiger partial charge in [-0.3, -0.25) is 4.79 Å². The van der Waals surface area contributed by atoms with Gasteiger partial charge >= 0.3 is 0 Å². The second-order valence-electron chi connectivity index (χ2n) is 5.09. The number of carbonyl (C=O) groups excluding carboxylic acids is 1. The lowest BCUT2D eigenvalue weighted by molar-refractivity contribution is -0.138. The maximum Gasteiger partial charge on any atom is 0.227 e. The number of amides is 1. The molecule has 2 aliphatic heterocycles. The Kier molecular flexibility index (Phi) is 3.82. The van der Waals surface area contributed by atoms with Crippen molar-refractivity contribution in [2.45, 2.75) is 32.2 Å². The van der Waals surface area contributed by atoms with E-state index in [2.05, 4.69) is 12.2 Å². The maximum atomic E-state index is 12.3. The molecule has 2 heterocycles. The van der Waals surface area contributed by atoms with E-state index in [4.69, 9.17) is 0 Å². The molecule has 0 aromatic rings. The highest BCUT2D eigenvalue weighted by Crippen LogP contribution is 2.26. The van der Waals surface area contributed by atoms with E-state index < -0.39 is 0 Å². The lowest BCUT2D eigenvalue weighted by Crippen LogP contribution is -2.46. The molecule has 3 atom stereocenters. The van der Waals surface area contributed by atoms with Crippen molar-refractivity contribution >= 4 is 5.91 Å². The Bertz CT molecular complexity index is 251. The summed E-state index contributed by atoms with van der Waals surface area (Å²) in [6, 6.07) is 0.0504. The van der Waals surface area contributed by atoms with Crippen LogP contribution in [-0.4, -0.2) is 48.2 Å². The van der Waals surface area contributed by atoms with Crippen LogP contribution in [0.1, 0.15) is 26.2 Å². The van der Waals surface area contributed by atoms with E-state index in [1.165, 1.54) is 0 Å². The summed E-state index contributed by atoms with van der Waals surface area (Å²) in [5.41, 5.74) is 0. The molecule has 0 aromatic heterocycles. The first-order valence-corrected chi connectivity index (χ1v) is 6.36. The van der Waals surface area contributed by atoms with Gasteiger partial charge < -0.3 is 15.3 Å². The minimum absolute atomic E-state index is 0.0504. The summed E-state index contributed by atoms with van der Waals surface area (Å²) < 4.78 is 0. The Balaban J connectivity index is 1.97. The molecule has 0 bridgehead atoms. The van der Waals surface area contributed by atoms with E-state index in [-0.39, 0.29) is 24.5 Å². The fourth-order valence-corrected chi connectivity index (χ4v) is 2.86. The summed E-state index contributed by atoms with van der Waals surface area (Å²) in [6.07, 6.45) is 3.11. The highest BCUT2D eigenvalue weighted by molar-refractivity contribution is 5.79. The van der Waals surface area contributed by atoms with E-state index in [0.29, 0.717) is 5.92 Å². The number of aliphatic hydroxyl groups excluding tert-OH is 1. The Hall–Kier alpha value is -0.610. The van der Waals surface area contributed by atoms with E-state index in [1.54, 1.807) is 0 Å². The van der Waals surface area contributed by atoms with Gasteiger partial charge in [0.05, 0.1) is 18.6 Å². The van der Waals surface area contributed by atoms with Crippen LogP contribution in [0.3, 0.4) is 0 Å². The molecule has 2 saturated heterocycles. The minimum atomic E-state index is 0.0504. The molecule has 2 N–H and O–H groups in total. The average molecular weight is 226 g/mol. The summed E-state index contributed by atoms with van der Waals surface area (Å²) in [5.74, 6) is 0.814.